The average molecular weight is 360 g/mol. The van der Waals surface area contributed by atoms with Crippen LogP contribution in [0, 0.1) is 0 Å². The van der Waals surface area contributed by atoms with Crippen LogP contribution in [0.4, 0.5) is 17.2 Å². The van der Waals surface area contributed by atoms with Gasteiger partial charge < -0.3 is 15.0 Å². The molecule has 1 aliphatic heterocycles. The molecule has 0 fully saturated rings. The van der Waals surface area contributed by atoms with E-state index in [2.05, 4.69) is 38.4 Å². The third kappa shape index (κ3) is 3.60. The standard InChI is InChI=1S/C21H20N4O2/c1-27-17-9-4-8-16(12-17)24-21(26)18-13-20(23-14-22-18)25-11-5-7-15-6-2-3-10-19(15)25/h2-4,6,8-10,12-14H,5,7,11H2,1H3,(H,24,26). The highest BCUT2D eigenvalue weighted by atomic mass is 16.5. The first-order chi connectivity index (χ1) is 13.2. The number of hydrogen-bond acceptors (Lipinski definition) is 5. The molecule has 6 heteroatoms. The van der Waals surface area contributed by atoms with Gasteiger partial charge in [-0.15, -0.1) is 0 Å². The number of fused-ring (bicyclic) bond motifs is 1. The molecule has 1 N–H and O–H groups in total. The molecule has 1 amide bonds. The number of nitrogens with zero attached hydrogens (tertiary/aromatic N) is 3. The summed E-state index contributed by atoms with van der Waals surface area (Å²) in [5, 5.41) is 2.85. The van der Waals surface area contributed by atoms with Crippen LogP contribution < -0.4 is 15.0 Å². The van der Waals surface area contributed by atoms with E-state index in [1.165, 1.54) is 11.9 Å². The summed E-state index contributed by atoms with van der Waals surface area (Å²) in [6.07, 6.45) is 3.54. The number of nitrogens with one attached hydrogen (secondary N) is 1. The summed E-state index contributed by atoms with van der Waals surface area (Å²) in [5.74, 6) is 1.13. The minimum Gasteiger partial charge on any atom is -0.497 e. The number of aryl methyl sites for hydroxylation is 1. The first kappa shape index (κ1) is 17.0. The maximum absolute atomic E-state index is 12.6. The van der Waals surface area contributed by atoms with Crippen LogP contribution in [0.15, 0.2) is 60.9 Å². The summed E-state index contributed by atoms with van der Waals surface area (Å²) in [7, 11) is 1.59. The molecule has 6 nitrogen and oxygen atoms in total. The van der Waals surface area contributed by atoms with E-state index in [1.807, 2.05) is 24.3 Å². The second-order valence-electron chi connectivity index (χ2n) is 6.33. The van der Waals surface area contributed by atoms with Crippen molar-refractivity contribution in [2.24, 2.45) is 0 Å². The Labute approximate surface area is 157 Å². The normalized spacial score (nSPS) is 13.0. The highest BCUT2D eigenvalue weighted by molar-refractivity contribution is 6.03. The monoisotopic (exact) mass is 360 g/mol. The Kier molecular flexibility index (Phi) is 4.70. The van der Waals surface area contributed by atoms with Crippen LogP contribution in [0.3, 0.4) is 0 Å². The molecule has 0 radical (unpaired) electrons. The smallest absolute Gasteiger partial charge is 0.274 e. The Morgan fingerprint density at radius 3 is 2.89 bits per heavy atom. The van der Waals surface area contributed by atoms with Gasteiger partial charge in [0.15, 0.2) is 0 Å². The SMILES string of the molecule is COc1cccc(NC(=O)c2cc(N3CCCc4ccccc43)ncn2)c1. The van der Waals surface area contributed by atoms with E-state index >= 15 is 0 Å². The van der Waals surface area contributed by atoms with Gasteiger partial charge in [0.2, 0.25) is 0 Å². The summed E-state index contributed by atoms with van der Waals surface area (Å²) in [6.45, 7) is 0.866. The Morgan fingerprint density at radius 2 is 2.00 bits per heavy atom. The van der Waals surface area contributed by atoms with Crippen molar-refractivity contribution < 1.29 is 9.53 Å². The van der Waals surface area contributed by atoms with Gasteiger partial charge in [0.25, 0.3) is 5.91 Å². The third-order valence-corrected chi connectivity index (χ3v) is 4.60. The molecule has 1 aromatic heterocycles. The van der Waals surface area contributed by atoms with E-state index in [-0.39, 0.29) is 5.91 Å². The van der Waals surface area contributed by atoms with Gasteiger partial charge in [0.1, 0.15) is 23.6 Å². The Balaban J connectivity index is 1.59. The van der Waals surface area contributed by atoms with E-state index in [0.717, 1.165) is 30.9 Å². The van der Waals surface area contributed by atoms with Crippen LogP contribution in [0.5, 0.6) is 5.75 Å². The van der Waals surface area contributed by atoms with Gasteiger partial charge in [0.05, 0.1) is 7.11 Å². The molecular formula is C21H20N4O2. The number of benzene rings is 2. The summed E-state index contributed by atoms with van der Waals surface area (Å²) in [5.41, 5.74) is 3.42. The number of hydrogen-bond donors (Lipinski definition) is 1. The minimum absolute atomic E-state index is 0.280. The van der Waals surface area contributed by atoms with Gasteiger partial charge in [-0.05, 0) is 36.6 Å². The van der Waals surface area contributed by atoms with Gasteiger partial charge in [0, 0.05) is 30.1 Å². The summed E-state index contributed by atoms with van der Waals surface area (Å²) in [6, 6.07) is 17.3. The van der Waals surface area contributed by atoms with Crippen LogP contribution in [0.25, 0.3) is 0 Å². The fourth-order valence-electron chi connectivity index (χ4n) is 3.29. The summed E-state index contributed by atoms with van der Waals surface area (Å²) >= 11 is 0. The zero-order chi connectivity index (χ0) is 18.6. The Hall–Kier alpha value is -3.41. The number of anilines is 3. The molecule has 0 spiro atoms. The lowest BCUT2D eigenvalue weighted by molar-refractivity contribution is 0.102. The molecular weight excluding hydrogens is 340 g/mol. The second kappa shape index (κ2) is 7.45. The number of carbonyl (C=O) groups is 1. The van der Waals surface area contributed by atoms with Crippen molar-refractivity contribution >= 4 is 23.1 Å². The molecule has 1 aliphatic rings. The Morgan fingerprint density at radius 1 is 1.11 bits per heavy atom. The van der Waals surface area contributed by atoms with Crippen LogP contribution in [0.2, 0.25) is 0 Å². The summed E-state index contributed by atoms with van der Waals surface area (Å²) < 4.78 is 5.19. The number of methoxy groups -OCH3 is 1. The van der Waals surface area contributed by atoms with Gasteiger partial charge in [-0.1, -0.05) is 24.3 Å². The van der Waals surface area contributed by atoms with E-state index in [4.69, 9.17) is 4.74 Å². The number of amides is 1. The number of ether oxygens (including phenoxy) is 1. The predicted molar refractivity (Wildman–Crippen MR) is 105 cm³/mol. The van der Waals surface area contributed by atoms with Crippen molar-refractivity contribution in [1.82, 2.24) is 9.97 Å². The number of carbonyl (C=O) groups excluding carboxylic acids is 1. The fraction of sp³-hybridized carbons (Fsp3) is 0.190. The van der Waals surface area contributed by atoms with Crippen LogP contribution >= 0.6 is 0 Å². The van der Waals surface area contributed by atoms with Crippen molar-refractivity contribution in [3.8, 4) is 5.75 Å². The highest BCUT2D eigenvalue weighted by Crippen LogP contribution is 2.32. The molecule has 0 saturated carbocycles. The van der Waals surface area contributed by atoms with Crippen LogP contribution in [0.1, 0.15) is 22.5 Å². The van der Waals surface area contributed by atoms with Crippen LogP contribution in [-0.4, -0.2) is 29.5 Å². The average Bonchev–Trinajstić information content (AvgIpc) is 2.73. The van der Waals surface area contributed by atoms with Gasteiger partial charge in [-0.2, -0.15) is 0 Å². The van der Waals surface area contributed by atoms with Crippen molar-refractivity contribution in [3.63, 3.8) is 0 Å². The second-order valence-corrected chi connectivity index (χ2v) is 6.33. The molecule has 3 aromatic rings. The highest BCUT2D eigenvalue weighted by Gasteiger charge is 2.20. The van der Waals surface area contributed by atoms with Crippen molar-refractivity contribution in [2.75, 3.05) is 23.9 Å². The zero-order valence-corrected chi connectivity index (χ0v) is 15.1. The van der Waals surface area contributed by atoms with E-state index in [0.29, 0.717) is 17.1 Å². The van der Waals surface area contributed by atoms with Gasteiger partial charge in [-0.25, -0.2) is 9.97 Å². The molecule has 2 heterocycles. The molecule has 0 aliphatic carbocycles. The lowest BCUT2D eigenvalue weighted by Gasteiger charge is -2.30. The topological polar surface area (TPSA) is 67.3 Å². The predicted octanol–water partition coefficient (Wildman–Crippen LogP) is 3.82. The number of aromatic nitrogens is 2. The fourth-order valence-corrected chi connectivity index (χ4v) is 3.29. The lowest BCUT2D eigenvalue weighted by atomic mass is 10.0. The maximum Gasteiger partial charge on any atom is 0.274 e. The molecule has 0 bridgehead atoms. The molecule has 0 saturated heterocycles. The van der Waals surface area contributed by atoms with E-state index < -0.39 is 0 Å². The van der Waals surface area contributed by atoms with Crippen molar-refractivity contribution in [2.45, 2.75) is 12.8 Å². The molecule has 4 rings (SSSR count). The quantitative estimate of drug-likeness (QED) is 0.766. The largest absolute Gasteiger partial charge is 0.497 e. The molecule has 2 aromatic carbocycles. The molecule has 0 atom stereocenters. The minimum atomic E-state index is -0.280. The molecule has 27 heavy (non-hydrogen) atoms. The van der Waals surface area contributed by atoms with E-state index in [9.17, 15) is 4.79 Å². The number of rotatable bonds is 4. The first-order valence-electron chi connectivity index (χ1n) is 8.87. The van der Waals surface area contributed by atoms with Crippen molar-refractivity contribution in [1.29, 1.82) is 0 Å². The molecule has 0 unspecified atom stereocenters. The lowest BCUT2D eigenvalue weighted by Crippen LogP contribution is -2.26. The van der Waals surface area contributed by atoms with E-state index in [1.54, 1.807) is 19.2 Å². The molecule has 136 valence electrons. The Bertz CT molecular complexity index is 974. The maximum atomic E-state index is 12.6. The van der Waals surface area contributed by atoms with Crippen molar-refractivity contribution in [3.05, 3.63) is 72.2 Å². The van der Waals surface area contributed by atoms with Gasteiger partial charge in [-0.3, -0.25) is 4.79 Å². The first-order valence-corrected chi connectivity index (χ1v) is 8.87. The van der Waals surface area contributed by atoms with Crippen LogP contribution in [-0.2, 0) is 6.42 Å². The zero-order valence-electron chi connectivity index (χ0n) is 15.1. The number of para-hydroxylation sites is 1. The third-order valence-electron chi connectivity index (χ3n) is 4.60. The summed E-state index contributed by atoms with van der Waals surface area (Å²) in [4.78, 5) is 23.3. The van der Waals surface area contributed by atoms with Gasteiger partial charge >= 0.3 is 0 Å².